The molecule has 0 spiro atoms. The third-order valence-corrected chi connectivity index (χ3v) is 4.31. The second kappa shape index (κ2) is 3.78. The monoisotopic (exact) mass is 249 g/mol. The van der Waals surface area contributed by atoms with E-state index in [0.29, 0.717) is 5.69 Å². The molecule has 15 heavy (non-hydrogen) atoms. The van der Waals surface area contributed by atoms with Gasteiger partial charge < -0.3 is 5.73 Å². The zero-order valence-corrected chi connectivity index (χ0v) is 10.1. The van der Waals surface area contributed by atoms with Gasteiger partial charge in [0.2, 0.25) is 10.0 Å². The van der Waals surface area contributed by atoms with Gasteiger partial charge in [-0.1, -0.05) is 11.3 Å². The molecule has 84 valence electrons. The molecule has 1 rings (SSSR count). The summed E-state index contributed by atoms with van der Waals surface area (Å²) in [7, 11) is -1.98. The molecule has 0 bridgehead atoms. The summed E-state index contributed by atoms with van der Waals surface area (Å²) in [5, 5.41) is 0.240. The van der Waals surface area contributed by atoms with Crippen molar-refractivity contribution in [2.24, 2.45) is 5.73 Å². The number of aryl methyl sites for hydroxylation is 1. The second-order valence-electron chi connectivity index (χ2n) is 3.01. The van der Waals surface area contributed by atoms with Crippen molar-refractivity contribution in [1.82, 2.24) is 4.98 Å². The summed E-state index contributed by atoms with van der Waals surface area (Å²) in [6.45, 7) is 1.61. The first-order valence-corrected chi connectivity index (χ1v) is 6.61. The predicted octanol–water partition coefficient (Wildman–Crippen LogP) is -0.0538. The molecular formula is C7H11N3O3S2. The quantitative estimate of drug-likeness (QED) is 0.812. The molecule has 0 atom stereocenters. The Bertz CT molecular complexity index is 492. The van der Waals surface area contributed by atoms with Crippen molar-refractivity contribution in [3.63, 3.8) is 0 Å². The number of nitrogens with two attached hydrogens (primary N) is 1. The third kappa shape index (κ3) is 2.45. The number of aromatic nitrogens is 1. The van der Waals surface area contributed by atoms with E-state index in [1.165, 1.54) is 7.05 Å². The van der Waals surface area contributed by atoms with E-state index in [0.717, 1.165) is 21.9 Å². The normalized spacial score (nSPS) is 11.4. The number of nitrogens with zero attached hydrogens (tertiary/aromatic N) is 2. The first-order valence-electron chi connectivity index (χ1n) is 3.94. The molecule has 0 saturated heterocycles. The largest absolute Gasteiger partial charge is 0.365 e. The Hall–Kier alpha value is -1.15. The smallest absolute Gasteiger partial charge is 0.260 e. The highest BCUT2D eigenvalue weighted by molar-refractivity contribution is 7.92. The van der Waals surface area contributed by atoms with Gasteiger partial charge in [0.1, 0.15) is 4.88 Å². The number of thiazole rings is 1. The number of amides is 1. The van der Waals surface area contributed by atoms with Gasteiger partial charge in [-0.15, -0.1) is 0 Å². The number of primary amides is 1. The Morgan fingerprint density at radius 3 is 2.40 bits per heavy atom. The lowest BCUT2D eigenvalue weighted by Crippen LogP contribution is -2.24. The Morgan fingerprint density at radius 1 is 1.53 bits per heavy atom. The fraction of sp³-hybridized carbons (Fsp3) is 0.429. The Kier molecular flexibility index (Phi) is 3.00. The van der Waals surface area contributed by atoms with E-state index in [4.69, 9.17) is 5.73 Å². The summed E-state index contributed by atoms with van der Waals surface area (Å²) >= 11 is 0.964. The summed E-state index contributed by atoms with van der Waals surface area (Å²) in [5.74, 6) is -0.599. The summed E-state index contributed by atoms with van der Waals surface area (Å²) in [6.07, 6.45) is 1.06. The molecule has 8 heteroatoms. The average Bonchev–Trinajstić information content (AvgIpc) is 2.44. The number of hydrogen-bond donors (Lipinski definition) is 1. The second-order valence-corrected chi connectivity index (χ2v) is 6.00. The zero-order chi connectivity index (χ0) is 11.8. The predicted molar refractivity (Wildman–Crippen MR) is 58.6 cm³/mol. The molecule has 0 aliphatic heterocycles. The average molecular weight is 249 g/mol. The van der Waals surface area contributed by atoms with Gasteiger partial charge in [0.05, 0.1) is 11.9 Å². The van der Waals surface area contributed by atoms with E-state index in [-0.39, 0.29) is 10.0 Å². The zero-order valence-electron chi connectivity index (χ0n) is 8.51. The van der Waals surface area contributed by atoms with Crippen LogP contribution < -0.4 is 10.0 Å². The summed E-state index contributed by atoms with van der Waals surface area (Å²) in [6, 6.07) is 0. The van der Waals surface area contributed by atoms with Crippen molar-refractivity contribution < 1.29 is 13.2 Å². The molecule has 1 amide bonds. The third-order valence-electron chi connectivity index (χ3n) is 1.78. The molecule has 6 nitrogen and oxygen atoms in total. The molecule has 0 aliphatic carbocycles. The van der Waals surface area contributed by atoms with E-state index >= 15 is 0 Å². The molecule has 0 radical (unpaired) electrons. The number of carbonyl (C=O) groups is 1. The van der Waals surface area contributed by atoms with E-state index in [2.05, 4.69) is 4.98 Å². The minimum atomic E-state index is -3.36. The fourth-order valence-corrected chi connectivity index (χ4v) is 2.52. The van der Waals surface area contributed by atoms with Crippen molar-refractivity contribution in [1.29, 1.82) is 0 Å². The lowest BCUT2D eigenvalue weighted by Gasteiger charge is -2.11. The molecule has 1 aromatic rings. The van der Waals surface area contributed by atoms with Gasteiger partial charge in [-0.3, -0.25) is 4.79 Å². The van der Waals surface area contributed by atoms with Crippen molar-refractivity contribution in [2.75, 3.05) is 17.6 Å². The molecule has 0 aliphatic rings. The van der Waals surface area contributed by atoms with E-state index in [9.17, 15) is 13.2 Å². The van der Waals surface area contributed by atoms with Gasteiger partial charge in [0.15, 0.2) is 5.13 Å². The topological polar surface area (TPSA) is 93.4 Å². The van der Waals surface area contributed by atoms with E-state index in [1.807, 2.05) is 0 Å². The van der Waals surface area contributed by atoms with Crippen molar-refractivity contribution in [3.05, 3.63) is 10.6 Å². The van der Waals surface area contributed by atoms with Crippen LogP contribution in [-0.4, -0.2) is 32.6 Å². The first-order chi connectivity index (χ1) is 6.73. The van der Waals surface area contributed by atoms with Crippen LogP contribution in [0.5, 0.6) is 0 Å². The van der Waals surface area contributed by atoms with Gasteiger partial charge >= 0.3 is 0 Å². The van der Waals surface area contributed by atoms with E-state index < -0.39 is 15.9 Å². The highest BCUT2D eigenvalue weighted by Crippen LogP contribution is 2.25. The maximum atomic E-state index is 11.2. The molecule has 0 aromatic carbocycles. The molecule has 0 saturated carbocycles. The minimum Gasteiger partial charge on any atom is -0.365 e. The first kappa shape index (κ1) is 11.9. The van der Waals surface area contributed by atoms with Crippen molar-refractivity contribution in [2.45, 2.75) is 6.92 Å². The highest BCUT2D eigenvalue weighted by atomic mass is 32.2. The van der Waals surface area contributed by atoms with Crippen LogP contribution >= 0.6 is 11.3 Å². The number of carbonyl (C=O) groups excluding carboxylic acids is 1. The molecule has 1 aromatic heterocycles. The molecule has 2 N–H and O–H groups in total. The standard InChI is InChI=1S/C7H11N3O3S2/c1-4-5(6(8)11)14-7(9-4)10(2)15(3,12)13/h1-3H3,(H2,8,11). The van der Waals surface area contributed by atoms with Gasteiger partial charge in [-0.05, 0) is 6.92 Å². The van der Waals surface area contributed by atoms with E-state index in [1.54, 1.807) is 6.92 Å². The molecular weight excluding hydrogens is 238 g/mol. The maximum absolute atomic E-state index is 11.2. The Balaban J connectivity index is 3.19. The fourth-order valence-electron chi connectivity index (χ4n) is 0.887. The number of hydrogen-bond acceptors (Lipinski definition) is 5. The van der Waals surface area contributed by atoms with Gasteiger partial charge in [-0.25, -0.2) is 17.7 Å². The van der Waals surface area contributed by atoms with Crippen LogP contribution in [0.3, 0.4) is 0 Å². The number of rotatable bonds is 3. The number of anilines is 1. The summed E-state index contributed by atoms with van der Waals surface area (Å²) in [4.78, 5) is 15.2. The van der Waals surface area contributed by atoms with Crippen LogP contribution in [0.2, 0.25) is 0 Å². The van der Waals surface area contributed by atoms with Gasteiger partial charge in [0.25, 0.3) is 5.91 Å². The van der Waals surface area contributed by atoms with Gasteiger partial charge in [0, 0.05) is 7.05 Å². The van der Waals surface area contributed by atoms with Crippen LogP contribution in [0.1, 0.15) is 15.4 Å². The van der Waals surface area contributed by atoms with Crippen LogP contribution in [-0.2, 0) is 10.0 Å². The maximum Gasteiger partial charge on any atom is 0.260 e. The van der Waals surface area contributed by atoms with Crippen molar-refractivity contribution in [3.8, 4) is 0 Å². The lowest BCUT2D eigenvalue weighted by molar-refractivity contribution is 0.100. The Morgan fingerprint density at radius 2 is 2.07 bits per heavy atom. The molecule has 0 unspecified atom stereocenters. The van der Waals surface area contributed by atoms with Crippen molar-refractivity contribution >= 4 is 32.4 Å². The summed E-state index contributed by atoms with van der Waals surface area (Å²) in [5.41, 5.74) is 5.54. The molecule has 0 fully saturated rings. The summed E-state index contributed by atoms with van der Waals surface area (Å²) < 4.78 is 23.4. The van der Waals surface area contributed by atoms with Crippen LogP contribution in [0.4, 0.5) is 5.13 Å². The van der Waals surface area contributed by atoms with Crippen LogP contribution in [0.15, 0.2) is 0 Å². The molecule has 1 heterocycles. The van der Waals surface area contributed by atoms with Gasteiger partial charge in [-0.2, -0.15) is 0 Å². The minimum absolute atomic E-state index is 0.240. The highest BCUT2D eigenvalue weighted by Gasteiger charge is 2.19. The van der Waals surface area contributed by atoms with Crippen LogP contribution in [0, 0.1) is 6.92 Å². The Labute approximate surface area is 91.8 Å². The number of sulfonamides is 1. The lowest BCUT2D eigenvalue weighted by atomic mass is 10.4. The van der Waals surface area contributed by atoms with Crippen LogP contribution in [0.25, 0.3) is 0 Å². The SMILES string of the molecule is Cc1nc(N(C)S(C)(=O)=O)sc1C(N)=O.